The SMILES string of the molecule is Nc1c(Cl)cc(C[C@@H](OC(=O)N2CCC3(CC2)OC(=O)Nc2ccccc23)C(=O)N2CCC(N3CCN4CCCC4C3)CC2)cc1C(F)(F)F. The number of fused-ring (bicyclic) bond motifs is 3. The standard InChI is InChI=1S/C35H42ClF3N6O5/c36-27-19-22(18-26(30(27)40)35(37,38)39)20-29(31(46)43-12-7-23(8-13-43)45-17-16-42-11-3-4-24(42)21-45)49-33(48)44-14-9-34(10-15-44)25-5-1-2-6-28(25)41-32(47)50-34/h1-2,5-6,18-19,23-24,29H,3-4,7-17,20-21,40H2,(H,41,47)/t24?,29-/m1/s1. The van der Waals surface area contributed by atoms with E-state index in [-0.39, 0.29) is 30.1 Å². The van der Waals surface area contributed by atoms with Gasteiger partial charge in [0.15, 0.2) is 6.10 Å². The number of rotatable bonds is 5. The molecule has 15 heteroatoms. The molecule has 3 N–H and O–H groups in total. The summed E-state index contributed by atoms with van der Waals surface area (Å²) >= 11 is 6.12. The van der Waals surface area contributed by atoms with E-state index in [4.69, 9.17) is 26.8 Å². The molecule has 2 aromatic rings. The Morgan fingerprint density at radius 3 is 2.44 bits per heavy atom. The molecule has 5 aliphatic rings. The summed E-state index contributed by atoms with van der Waals surface area (Å²) in [6.07, 6.45) is -3.27. The first-order chi connectivity index (χ1) is 23.9. The molecule has 11 nitrogen and oxygen atoms in total. The second-order valence-electron chi connectivity index (χ2n) is 14.0. The molecule has 0 aromatic heterocycles. The highest BCUT2D eigenvalue weighted by atomic mass is 35.5. The molecule has 2 atom stereocenters. The largest absolute Gasteiger partial charge is 0.438 e. The molecular formula is C35H42ClF3N6O5. The summed E-state index contributed by atoms with van der Waals surface area (Å²) in [7, 11) is 0. The van der Waals surface area contributed by atoms with Crippen molar-refractivity contribution in [3.05, 3.63) is 58.1 Å². The van der Waals surface area contributed by atoms with Gasteiger partial charge in [0.05, 0.1) is 22.0 Å². The first kappa shape index (κ1) is 34.7. The van der Waals surface area contributed by atoms with Crippen LogP contribution in [0.4, 0.5) is 34.1 Å². The lowest BCUT2D eigenvalue weighted by Crippen LogP contribution is -2.57. The second kappa shape index (κ2) is 13.8. The summed E-state index contributed by atoms with van der Waals surface area (Å²) in [4.78, 5) is 48.3. The number of halogens is 4. The Kier molecular flexibility index (Phi) is 9.54. The fourth-order valence-electron chi connectivity index (χ4n) is 8.40. The second-order valence-corrected chi connectivity index (χ2v) is 14.4. The predicted octanol–water partition coefficient (Wildman–Crippen LogP) is 5.31. The molecule has 7 rings (SSSR count). The number of alkyl halides is 3. The van der Waals surface area contributed by atoms with Crippen LogP contribution in [0.1, 0.15) is 55.2 Å². The topological polar surface area (TPSA) is 121 Å². The number of anilines is 2. The van der Waals surface area contributed by atoms with Gasteiger partial charge in [0.25, 0.3) is 5.91 Å². The van der Waals surface area contributed by atoms with Crippen LogP contribution in [0.15, 0.2) is 36.4 Å². The van der Waals surface area contributed by atoms with Crippen LogP contribution in [0, 0.1) is 0 Å². The van der Waals surface area contributed by atoms with Gasteiger partial charge in [-0.3, -0.25) is 19.9 Å². The van der Waals surface area contributed by atoms with Gasteiger partial charge in [-0.05, 0) is 56.0 Å². The number of ether oxygens (including phenoxy) is 2. The maximum atomic E-state index is 14.1. The summed E-state index contributed by atoms with van der Waals surface area (Å²) in [5.74, 6) is -0.464. The summed E-state index contributed by atoms with van der Waals surface area (Å²) in [6, 6.07) is 10.4. The normalized spacial score (nSPS) is 23.5. The minimum Gasteiger partial charge on any atom is -0.438 e. The summed E-state index contributed by atoms with van der Waals surface area (Å²) in [6.45, 7) is 5.47. The van der Waals surface area contributed by atoms with Crippen LogP contribution in [0.25, 0.3) is 0 Å². The van der Waals surface area contributed by atoms with Gasteiger partial charge in [-0.25, -0.2) is 9.59 Å². The predicted molar refractivity (Wildman–Crippen MR) is 180 cm³/mol. The van der Waals surface area contributed by atoms with Crippen molar-refractivity contribution in [2.75, 3.05) is 63.4 Å². The Balaban J connectivity index is 1.05. The molecule has 0 radical (unpaired) electrons. The first-order valence-corrected chi connectivity index (χ1v) is 17.7. The van der Waals surface area contributed by atoms with E-state index >= 15 is 0 Å². The van der Waals surface area contributed by atoms with Gasteiger partial charge in [-0.2, -0.15) is 13.2 Å². The number of nitrogens with two attached hydrogens (primary N) is 1. The maximum absolute atomic E-state index is 14.1. The molecule has 3 amide bonds. The van der Waals surface area contributed by atoms with Crippen molar-refractivity contribution < 1.29 is 37.0 Å². The van der Waals surface area contributed by atoms with Crippen LogP contribution in [-0.4, -0.2) is 108 Å². The number of amides is 3. The van der Waals surface area contributed by atoms with Crippen molar-refractivity contribution in [2.24, 2.45) is 0 Å². The molecule has 1 spiro atoms. The van der Waals surface area contributed by atoms with Crippen LogP contribution in [0.5, 0.6) is 0 Å². The van der Waals surface area contributed by atoms with Crippen LogP contribution in [-0.2, 0) is 32.5 Å². The summed E-state index contributed by atoms with van der Waals surface area (Å²) in [5, 5.41) is 2.41. The van der Waals surface area contributed by atoms with E-state index in [1.54, 1.807) is 11.0 Å². The van der Waals surface area contributed by atoms with Gasteiger partial charge in [0.2, 0.25) is 0 Å². The fourth-order valence-corrected chi connectivity index (χ4v) is 8.64. The lowest BCUT2D eigenvalue weighted by molar-refractivity contribution is -0.143. The first-order valence-electron chi connectivity index (χ1n) is 17.4. The molecule has 270 valence electrons. The van der Waals surface area contributed by atoms with Crippen LogP contribution >= 0.6 is 11.6 Å². The van der Waals surface area contributed by atoms with E-state index in [1.165, 1.54) is 23.8 Å². The quantitative estimate of drug-likeness (QED) is 0.399. The van der Waals surface area contributed by atoms with Gasteiger partial charge in [0, 0.05) is 82.7 Å². The number of para-hydroxylation sites is 1. The van der Waals surface area contributed by atoms with E-state index in [2.05, 4.69) is 15.1 Å². The van der Waals surface area contributed by atoms with Gasteiger partial charge < -0.3 is 25.0 Å². The Bertz CT molecular complexity index is 1630. The van der Waals surface area contributed by atoms with E-state index in [0.717, 1.165) is 50.7 Å². The number of piperidine rings is 2. The van der Waals surface area contributed by atoms with Crippen molar-refractivity contribution in [3.8, 4) is 0 Å². The molecule has 5 aliphatic heterocycles. The molecule has 1 unspecified atom stereocenters. The van der Waals surface area contributed by atoms with Gasteiger partial charge >= 0.3 is 18.4 Å². The zero-order valence-electron chi connectivity index (χ0n) is 27.7. The average molecular weight is 719 g/mol. The van der Waals surface area contributed by atoms with Gasteiger partial charge in [-0.15, -0.1) is 0 Å². The highest BCUT2D eigenvalue weighted by molar-refractivity contribution is 6.33. The number of carbonyl (C=O) groups excluding carboxylic acids is 3. The highest BCUT2D eigenvalue weighted by Gasteiger charge is 2.46. The molecule has 0 saturated carbocycles. The Labute approximate surface area is 293 Å². The van der Waals surface area contributed by atoms with Crippen LogP contribution < -0.4 is 11.1 Å². The van der Waals surface area contributed by atoms with Crippen molar-refractivity contribution >= 4 is 41.1 Å². The molecule has 4 saturated heterocycles. The van der Waals surface area contributed by atoms with E-state index < -0.39 is 47.2 Å². The van der Waals surface area contributed by atoms with E-state index in [9.17, 15) is 27.6 Å². The van der Waals surface area contributed by atoms with Crippen LogP contribution in [0.3, 0.4) is 0 Å². The Morgan fingerprint density at radius 2 is 1.70 bits per heavy atom. The van der Waals surface area contributed by atoms with Gasteiger partial charge in [0.1, 0.15) is 5.60 Å². The minimum atomic E-state index is -4.77. The van der Waals surface area contributed by atoms with E-state index in [0.29, 0.717) is 43.7 Å². The lowest BCUT2D eigenvalue weighted by Gasteiger charge is -2.45. The number of hydrogen-bond acceptors (Lipinski definition) is 8. The molecular weight excluding hydrogens is 677 g/mol. The number of nitrogens with one attached hydrogen (secondary N) is 1. The number of likely N-dealkylation sites (tertiary alicyclic amines) is 2. The summed E-state index contributed by atoms with van der Waals surface area (Å²) in [5.41, 5.74) is 4.56. The third kappa shape index (κ3) is 6.93. The molecule has 0 bridgehead atoms. The smallest absolute Gasteiger partial charge is 0.418 e. The Morgan fingerprint density at radius 1 is 0.980 bits per heavy atom. The number of nitrogens with zero attached hydrogens (tertiary/aromatic N) is 4. The van der Waals surface area contributed by atoms with Crippen molar-refractivity contribution in [1.29, 1.82) is 0 Å². The third-order valence-electron chi connectivity index (χ3n) is 11.1. The average Bonchev–Trinajstić information content (AvgIpc) is 3.57. The molecule has 5 heterocycles. The van der Waals surface area contributed by atoms with E-state index in [1.807, 2.05) is 18.2 Å². The van der Waals surface area contributed by atoms with Crippen molar-refractivity contribution in [3.63, 3.8) is 0 Å². The minimum absolute atomic E-state index is 0.0721. The molecule has 0 aliphatic carbocycles. The third-order valence-corrected chi connectivity index (χ3v) is 11.4. The lowest BCUT2D eigenvalue weighted by atomic mass is 9.82. The maximum Gasteiger partial charge on any atom is 0.418 e. The highest BCUT2D eigenvalue weighted by Crippen LogP contribution is 2.44. The monoisotopic (exact) mass is 718 g/mol. The summed E-state index contributed by atoms with van der Waals surface area (Å²) < 4.78 is 53.1. The molecule has 50 heavy (non-hydrogen) atoms. The number of hydrogen-bond donors (Lipinski definition) is 2. The fraction of sp³-hybridized carbons (Fsp3) is 0.571. The van der Waals surface area contributed by atoms with Crippen molar-refractivity contribution in [1.82, 2.24) is 19.6 Å². The molecule has 2 aromatic carbocycles. The van der Waals surface area contributed by atoms with Crippen LogP contribution in [0.2, 0.25) is 5.02 Å². The number of piperazine rings is 1. The van der Waals surface area contributed by atoms with Crippen molar-refractivity contribution in [2.45, 2.75) is 74.9 Å². The Hall–Kier alpha value is -3.75. The number of carbonyl (C=O) groups is 3. The van der Waals surface area contributed by atoms with Gasteiger partial charge in [-0.1, -0.05) is 29.8 Å². The zero-order chi connectivity index (χ0) is 35.2. The number of benzene rings is 2. The number of nitrogen functional groups attached to an aromatic ring is 1. The molecule has 4 fully saturated rings. The zero-order valence-corrected chi connectivity index (χ0v) is 28.5.